The number of aliphatic hydroxyl groups excluding tert-OH is 1. The summed E-state index contributed by atoms with van der Waals surface area (Å²) in [5.41, 5.74) is 0.374. The van der Waals surface area contributed by atoms with Crippen LogP contribution in [0.25, 0.3) is 0 Å². The highest BCUT2D eigenvalue weighted by atomic mass is 32.2. The Morgan fingerprint density at radius 2 is 1.67 bits per heavy atom. The largest absolute Gasteiger partial charge is 0.497 e. The number of methoxy groups -OCH3 is 1. The molecule has 0 amide bonds. The van der Waals surface area contributed by atoms with Crippen LogP contribution in [0.1, 0.15) is 0 Å². The monoisotopic (exact) mass is 499 g/mol. The lowest BCUT2D eigenvalue weighted by Crippen LogP contribution is -2.50. The molecule has 0 saturated carbocycles. The van der Waals surface area contributed by atoms with E-state index >= 15 is 0 Å². The third-order valence-corrected chi connectivity index (χ3v) is 7.60. The van der Waals surface area contributed by atoms with Gasteiger partial charge >= 0.3 is 0 Å². The van der Waals surface area contributed by atoms with Gasteiger partial charge in [0, 0.05) is 38.8 Å². The molecule has 0 bridgehead atoms. The molecule has 1 aliphatic heterocycles. The van der Waals surface area contributed by atoms with Gasteiger partial charge in [-0.1, -0.05) is 6.07 Å². The Labute approximate surface area is 194 Å². The van der Waals surface area contributed by atoms with Crippen molar-refractivity contribution >= 4 is 25.7 Å². The first-order valence-corrected chi connectivity index (χ1v) is 13.7. The molecular formula is C21H29N3O7S2. The number of piperazine rings is 1. The van der Waals surface area contributed by atoms with E-state index in [0.717, 1.165) is 6.26 Å². The van der Waals surface area contributed by atoms with Crippen molar-refractivity contribution < 1.29 is 31.4 Å². The number of sulfonamides is 2. The molecule has 2 aromatic carbocycles. The minimum absolute atomic E-state index is 0.0205. The summed E-state index contributed by atoms with van der Waals surface area (Å²) in [4.78, 5) is 2.20. The van der Waals surface area contributed by atoms with Crippen molar-refractivity contribution in [1.82, 2.24) is 9.21 Å². The first-order chi connectivity index (χ1) is 15.6. The Balaban J connectivity index is 1.47. The molecule has 1 aliphatic rings. The zero-order valence-electron chi connectivity index (χ0n) is 18.5. The highest BCUT2D eigenvalue weighted by Gasteiger charge is 2.29. The number of nitrogens with one attached hydrogen (secondary N) is 1. The summed E-state index contributed by atoms with van der Waals surface area (Å²) in [5, 5.41) is 10.3. The summed E-state index contributed by atoms with van der Waals surface area (Å²) in [6.07, 6.45) is 0.271. The van der Waals surface area contributed by atoms with Gasteiger partial charge in [-0.3, -0.25) is 9.62 Å². The van der Waals surface area contributed by atoms with E-state index in [2.05, 4.69) is 4.72 Å². The molecule has 0 aromatic heterocycles. The number of aliphatic hydroxyl groups is 1. The van der Waals surface area contributed by atoms with Crippen molar-refractivity contribution in [3.8, 4) is 11.5 Å². The first-order valence-electron chi connectivity index (χ1n) is 10.3. The first kappa shape index (κ1) is 25.2. The van der Waals surface area contributed by atoms with Crippen molar-refractivity contribution in [3.63, 3.8) is 0 Å². The lowest BCUT2D eigenvalue weighted by atomic mass is 10.3. The van der Waals surface area contributed by atoms with E-state index in [0.29, 0.717) is 49.9 Å². The molecule has 1 saturated heterocycles. The van der Waals surface area contributed by atoms with Gasteiger partial charge in [-0.25, -0.2) is 16.8 Å². The zero-order chi connectivity index (χ0) is 24.1. The van der Waals surface area contributed by atoms with Gasteiger partial charge < -0.3 is 14.6 Å². The van der Waals surface area contributed by atoms with Gasteiger partial charge in [-0.15, -0.1) is 0 Å². The molecule has 2 N–H and O–H groups in total. The molecule has 1 heterocycles. The lowest BCUT2D eigenvalue weighted by Gasteiger charge is -2.34. The fourth-order valence-corrected chi connectivity index (χ4v) is 5.43. The highest BCUT2D eigenvalue weighted by Crippen LogP contribution is 2.21. The Morgan fingerprint density at radius 1 is 1.00 bits per heavy atom. The lowest BCUT2D eigenvalue weighted by molar-refractivity contribution is 0.0569. The van der Waals surface area contributed by atoms with Crippen molar-refractivity contribution in [2.75, 3.05) is 57.4 Å². The van der Waals surface area contributed by atoms with Crippen molar-refractivity contribution in [1.29, 1.82) is 0 Å². The maximum Gasteiger partial charge on any atom is 0.243 e. The van der Waals surface area contributed by atoms with E-state index < -0.39 is 26.2 Å². The van der Waals surface area contributed by atoms with Crippen LogP contribution in [-0.4, -0.2) is 89.9 Å². The average Bonchev–Trinajstić information content (AvgIpc) is 2.77. The summed E-state index contributed by atoms with van der Waals surface area (Å²) in [6.45, 7) is 1.97. The second-order valence-electron chi connectivity index (χ2n) is 7.75. The molecule has 33 heavy (non-hydrogen) atoms. The molecule has 0 spiro atoms. The van der Waals surface area contributed by atoms with E-state index in [4.69, 9.17) is 9.47 Å². The van der Waals surface area contributed by atoms with E-state index in [9.17, 15) is 21.9 Å². The van der Waals surface area contributed by atoms with Gasteiger partial charge in [0.05, 0.1) is 23.9 Å². The Morgan fingerprint density at radius 3 is 2.27 bits per heavy atom. The number of hydrogen-bond acceptors (Lipinski definition) is 8. The van der Waals surface area contributed by atoms with Gasteiger partial charge in [0.15, 0.2) is 0 Å². The summed E-state index contributed by atoms with van der Waals surface area (Å²) in [7, 11) is -5.46. The maximum atomic E-state index is 12.8. The molecule has 2 aromatic rings. The Bertz CT molecular complexity index is 1130. The number of hydrogen-bond donors (Lipinski definition) is 2. The number of β-amino-alcohol motifs (C(OH)–C–C–N with tert-alkyl or cyclic N) is 1. The molecule has 0 unspecified atom stereocenters. The summed E-state index contributed by atoms with van der Waals surface area (Å²) < 4.78 is 62.9. The summed E-state index contributed by atoms with van der Waals surface area (Å²) >= 11 is 0. The number of rotatable bonds is 10. The molecule has 0 aliphatic carbocycles. The van der Waals surface area contributed by atoms with Crippen LogP contribution in [0.3, 0.4) is 0 Å². The zero-order valence-corrected chi connectivity index (χ0v) is 20.2. The second-order valence-corrected chi connectivity index (χ2v) is 11.4. The van der Waals surface area contributed by atoms with Crippen molar-refractivity contribution in [2.24, 2.45) is 0 Å². The number of nitrogens with zero attached hydrogens (tertiary/aromatic N) is 2. The van der Waals surface area contributed by atoms with Crippen LogP contribution in [0, 0.1) is 0 Å². The minimum Gasteiger partial charge on any atom is -0.497 e. The summed E-state index contributed by atoms with van der Waals surface area (Å²) in [6, 6.07) is 12.8. The van der Waals surface area contributed by atoms with Crippen LogP contribution >= 0.6 is 0 Å². The van der Waals surface area contributed by atoms with Gasteiger partial charge in [0.1, 0.15) is 24.2 Å². The quantitative estimate of drug-likeness (QED) is 0.492. The number of anilines is 1. The number of ether oxygens (including phenoxy) is 2. The van der Waals surface area contributed by atoms with Gasteiger partial charge in [-0.2, -0.15) is 4.31 Å². The number of benzene rings is 2. The van der Waals surface area contributed by atoms with E-state index in [1.807, 2.05) is 4.90 Å². The fraction of sp³-hybridized carbons (Fsp3) is 0.429. The van der Waals surface area contributed by atoms with E-state index in [1.165, 1.54) is 29.6 Å². The molecule has 182 valence electrons. The predicted molar refractivity (Wildman–Crippen MR) is 125 cm³/mol. The van der Waals surface area contributed by atoms with Crippen LogP contribution < -0.4 is 14.2 Å². The Kier molecular flexibility index (Phi) is 8.19. The topological polar surface area (TPSA) is 125 Å². The minimum atomic E-state index is -3.59. The third kappa shape index (κ3) is 7.30. The summed E-state index contributed by atoms with van der Waals surface area (Å²) in [5.74, 6) is 1.02. The highest BCUT2D eigenvalue weighted by molar-refractivity contribution is 7.92. The molecule has 1 atom stereocenters. The smallest absolute Gasteiger partial charge is 0.243 e. The standard InChI is InChI=1S/C21H29N3O7S2/c1-30-19-6-8-21(9-7-19)33(28,29)24-12-10-23(11-13-24)15-18(25)16-31-20-5-3-4-17(14-20)22-32(2,26)27/h3-9,14,18,22,25H,10-13,15-16H2,1-2H3/t18-/m0/s1. The van der Waals surface area contributed by atoms with Crippen LogP contribution in [0.2, 0.25) is 0 Å². The van der Waals surface area contributed by atoms with Crippen molar-refractivity contribution in [2.45, 2.75) is 11.0 Å². The SMILES string of the molecule is COc1ccc(S(=O)(=O)N2CCN(C[C@H](O)COc3cccc(NS(C)(=O)=O)c3)CC2)cc1. The van der Waals surface area contributed by atoms with Crippen LogP contribution in [-0.2, 0) is 20.0 Å². The maximum absolute atomic E-state index is 12.8. The Hall–Kier alpha value is -2.38. The second kappa shape index (κ2) is 10.7. The molecule has 3 rings (SSSR count). The molecule has 0 radical (unpaired) electrons. The van der Waals surface area contributed by atoms with E-state index in [1.54, 1.807) is 30.3 Å². The third-order valence-electron chi connectivity index (χ3n) is 5.08. The molecule has 12 heteroatoms. The van der Waals surface area contributed by atoms with E-state index in [-0.39, 0.29) is 11.5 Å². The predicted octanol–water partition coefficient (Wildman–Crippen LogP) is 0.813. The van der Waals surface area contributed by atoms with Crippen molar-refractivity contribution in [3.05, 3.63) is 48.5 Å². The van der Waals surface area contributed by atoms with Gasteiger partial charge in [0.25, 0.3) is 0 Å². The molecular weight excluding hydrogens is 470 g/mol. The van der Waals surface area contributed by atoms with Crippen LogP contribution in [0.4, 0.5) is 5.69 Å². The van der Waals surface area contributed by atoms with Crippen LogP contribution in [0.5, 0.6) is 11.5 Å². The van der Waals surface area contributed by atoms with Gasteiger partial charge in [-0.05, 0) is 36.4 Å². The molecule has 10 nitrogen and oxygen atoms in total. The van der Waals surface area contributed by atoms with Crippen LogP contribution in [0.15, 0.2) is 53.4 Å². The normalized spacial score (nSPS) is 16.8. The fourth-order valence-electron chi connectivity index (χ4n) is 3.46. The average molecular weight is 500 g/mol. The van der Waals surface area contributed by atoms with Gasteiger partial charge in [0.2, 0.25) is 20.0 Å². The molecule has 1 fully saturated rings.